The normalized spacial score (nSPS) is 16.0. The van der Waals surface area contributed by atoms with Gasteiger partial charge in [0, 0.05) is 12.1 Å². The minimum absolute atomic E-state index is 0.138. The first-order chi connectivity index (χ1) is 10.5. The summed E-state index contributed by atoms with van der Waals surface area (Å²) in [5.41, 5.74) is 5.40. The van der Waals surface area contributed by atoms with Gasteiger partial charge in [0.05, 0.1) is 11.6 Å². The van der Waals surface area contributed by atoms with Crippen LogP contribution in [0.4, 0.5) is 5.69 Å². The summed E-state index contributed by atoms with van der Waals surface area (Å²) in [7, 11) is 0. The highest BCUT2D eigenvalue weighted by molar-refractivity contribution is 5.90. The van der Waals surface area contributed by atoms with Gasteiger partial charge in [0.25, 0.3) is 0 Å². The van der Waals surface area contributed by atoms with E-state index in [9.17, 15) is 9.59 Å². The number of aryl methyl sites for hydroxylation is 1. The molecule has 3 rings (SSSR count). The van der Waals surface area contributed by atoms with Crippen LogP contribution in [0, 0.1) is 6.92 Å². The molecule has 0 bridgehead atoms. The Kier molecular flexibility index (Phi) is 3.45. The molecule has 0 aliphatic carbocycles. The molecule has 0 amide bonds. The lowest BCUT2D eigenvalue weighted by atomic mass is 9.96. The summed E-state index contributed by atoms with van der Waals surface area (Å²) in [5.74, 6) is -0.781. The molecule has 0 radical (unpaired) electrons. The van der Waals surface area contributed by atoms with E-state index in [1.807, 2.05) is 25.1 Å². The Labute approximate surface area is 128 Å². The number of hydrogen-bond donors (Lipinski definition) is 2. The van der Waals surface area contributed by atoms with Crippen LogP contribution in [-0.2, 0) is 11.2 Å². The summed E-state index contributed by atoms with van der Waals surface area (Å²) < 4.78 is 0. The average molecular weight is 295 g/mol. The fourth-order valence-corrected chi connectivity index (χ4v) is 2.90. The van der Waals surface area contributed by atoms with Crippen LogP contribution >= 0.6 is 0 Å². The van der Waals surface area contributed by atoms with Gasteiger partial charge in [0.15, 0.2) is 5.78 Å². The first-order valence-corrected chi connectivity index (χ1v) is 7.20. The zero-order valence-corrected chi connectivity index (χ0v) is 12.5. The highest BCUT2D eigenvalue weighted by Gasteiger charge is 2.24. The van der Waals surface area contributed by atoms with Crippen LogP contribution in [0.1, 0.15) is 28.4 Å². The van der Waals surface area contributed by atoms with Crippen LogP contribution in [-0.4, -0.2) is 22.9 Å². The molecule has 1 aliphatic rings. The summed E-state index contributed by atoms with van der Waals surface area (Å²) >= 11 is 0. The fourth-order valence-electron chi connectivity index (χ4n) is 2.90. The zero-order chi connectivity index (χ0) is 15.9. The van der Waals surface area contributed by atoms with Crippen molar-refractivity contribution in [2.24, 2.45) is 0 Å². The number of carbonyl (C=O) groups is 2. The van der Waals surface area contributed by atoms with Gasteiger partial charge in [-0.05, 0) is 60.4 Å². The van der Waals surface area contributed by atoms with Gasteiger partial charge in [-0.15, -0.1) is 0 Å². The maximum Gasteiger partial charge on any atom is 0.335 e. The standard InChI is InChI=1S/C18H17NO3/c1-10-7-13(18(21)22)3-5-15(10)12-4-6-16-14(8-12)9-17(19-16)11(2)20/h3-8,17,19H,9H2,1-2H3,(H,21,22). The third kappa shape index (κ3) is 2.48. The Balaban J connectivity index is 1.97. The van der Waals surface area contributed by atoms with Crippen molar-refractivity contribution in [2.75, 3.05) is 5.32 Å². The van der Waals surface area contributed by atoms with Crippen molar-refractivity contribution >= 4 is 17.4 Å². The van der Waals surface area contributed by atoms with Gasteiger partial charge in [0.1, 0.15) is 0 Å². The summed E-state index contributed by atoms with van der Waals surface area (Å²) in [6.45, 7) is 3.50. The molecule has 4 heteroatoms. The third-order valence-electron chi connectivity index (χ3n) is 4.13. The van der Waals surface area contributed by atoms with Crippen molar-refractivity contribution in [3.8, 4) is 11.1 Å². The number of anilines is 1. The summed E-state index contributed by atoms with van der Waals surface area (Å²) in [6, 6.07) is 11.1. The van der Waals surface area contributed by atoms with Crippen molar-refractivity contribution in [2.45, 2.75) is 26.3 Å². The number of carbonyl (C=O) groups excluding carboxylic acids is 1. The number of ketones is 1. The second kappa shape index (κ2) is 5.30. The summed E-state index contributed by atoms with van der Waals surface area (Å²) in [6.07, 6.45) is 0.699. The first kappa shape index (κ1) is 14.3. The predicted octanol–water partition coefficient (Wildman–Crippen LogP) is 3.29. The molecule has 0 spiro atoms. The lowest BCUT2D eigenvalue weighted by Gasteiger charge is -2.09. The van der Waals surface area contributed by atoms with E-state index in [1.54, 1.807) is 19.1 Å². The number of benzene rings is 2. The van der Waals surface area contributed by atoms with Gasteiger partial charge in [-0.25, -0.2) is 4.79 Å². The van der Waals surface area contributed by atoms with Crippen LogP contribution in [0.25, 0.3) is 11.1 Å². The van der Waals surface area contributed by atoms with Gasteiger partial charge in [-0.1, -0.05) is 12.1 Å². The van der Waals surface area contributed by atoms with Crippen LogP contribution in [0.5, 0.6) is 0 Å². The molecular weight excluding hydrogens is 278 g/mol. The first-order valence-electron chi connectivity index (χ1n) is 7.20. The van der Waals surface area contributed by atoms with Crippen molar-refractivity contribution in [1.82, 2.24) is 0 Å². The number of hydrogen-bond acceptors (Lipinski definition) is 3. The molecule has 4 nitrogen and oxygen atoms in total. The van der Waals surface area contributed by atoms with E-state index in [4.69, 9.17) is 5.11 Å². The van der Waals surface area contributed by atoms with Gasteiger partial charge in [0.2, 0.25) is 0 Å². The number of nitrogens with one attached hydrogen (secondary N) is 1. The van der Waals surface area contributed by atoms with E-state index >= 15 is 0 Å². The van der Waals surface area contributed by atoms with Crippen molar-refractivity contribution < 1.29 is 14.7 Å². The molecule has 112 valence electrons. The van der Waals surface area contributed by atoms with E-state index in [2.05, 4.69) is 11.4 Å². The van der Waals surface area contributed by atoms with Crippen LogP contribution in [0.3, 0.4) is 0 Å². The SMILES string of the molecule is CC(=O)C1Cc2cc(-c3ccc(C(=O)O)cc3C)ccc2N1. The van der Waals surface area contributed by atoms with Crippen molar-refractivity contribution in [1.29, 1.82) is 0 Å². The molecule has 1 aliphatic heterocycles. The largest absolute Gasteiger partial charge is 0.478 e. The molecule has 0 saturated heterocycles. The lowest BCUT2D eigenvalue weighted by Crippen LogP contribution is -2.23. The fraction of sp³-hybridized carbons (Fsp3) is 0.222. The minimum atomic E-state index is -0.919. The molecule has 2 N–H and O–H groups in total. The van der Waals surface area contributed by atoms with Crippen molar-refractivity contribution in [3.05, 3.63) is 53.1 Å². The Morgan fingerprint density at radius 3 is 2.59 bits per heavy atom. The van der Waals surface area contributed by atoms with Crippen molar-refractivity contribution in [3.63, 3.8) is 0 Å². The average Bonchev–Trinajstić information content (AvgIpc) is 2.90. The molecule has 0 fully saturated rings. The van der Waals surface area contributed by atoms with Gasteiger partial charge in [-0.2, -0.15) is 0 Å². The van der Waals surface area contributed by atoms with E-state index < -0.39 is 5.97 Å². The maximum atomic E-state index is 11.5. The zero-order valence-electron chi connectivity index (χ0n) is 12.5. The number of carboxylic acid groups (broad SMARTS) is 1. The monoisotopic (exact) mass is 295 g/mol. The van der Waals surface area contributed by atoms with E-state index in [-0.39, 0.29) is 11.8 Å². The second-order valence-electron chi connectivity index (χ2n) is 5.72. The third-order valence-corrected chi connectivity index (χ3v) is 4.13. The lowest BCUT2D eigenvalue weighted by molar-refractivity contribution is -0.117. The number of carboxylic acids is 1. The molecule has 0 aromatic heterocycles. The highest BCUT2D eigenvalue weighted by atomic mass is 16.4. The molecule has 0 saturated carbocycles. The molecule has 22 heavy (non-hydrogen) atoms. The van der Waals surface area contributed by atoms with Crippen LogP contribution in [0.2, 0.25) is 0 Å². The van der Waals surface area contributed by atoms with Gasteiger partial charge in [-0.3, -0.25) is 4.79 Å². The molecule has 1 unspecified atom stereocenters. The highest BCUT2D eigenvalue weighted by Crippen LogP contribution is 2.32. The number of fused-ring (bicyclic) bond motifs is 1. The number of aromatic carboxylic acids is 1. The molecule has 2 aromatic carbocycles. The van der Waals surface area contributed by atoms with E-state index in [1.165, 1.54) is 0 Å². The molecule has 1 atom stereocenters. The molecule has 1 heterocycles. The minimum Gasteiger partial charge on any atom is -0.478 e. The van der Waals surface area contributed by atoms with Gasteiger partial charge < -0.3 is 10.4 Å². The Bertz CT molecular complexity index is 780. The number of Topliss-reactive ketones (excluding diaryl/α,β-unsaturated/α-hetero) is 1. The van der Waals surface area contributed by atoms with Crippen LogP contribution in [0.15, 0.2) is 36.4 Å². The molecule has 2 aromatic rings. The Hall–Kier alpha value is -2.62. The predicted molar refractivity (Wildman–Crippen MR) is 85.4 cm³/mol. The van der Waals surface area contributed by atoms with E-state index in [0.29, 0.717) is 12.0 Å². The molecular formula is C18H17NO3. The topological polar surface area (TPSA) is 66.4 Å². The Morgan fingerprint density at radius 2 is 1.95 bits per heavy atom. The second-order valence-corrected chi connectivity index (χ2v) is 5.72. The summed E-state index contributed by atoms with van der Waals surface area (Å²) in [5, 5.41) is 12.3. The Morgan fingerprint density at radius 1 is 1.18 bits per heavy atom. The number of rotatable bonds is 3. The summed E-state index contributed by atoms with van der Waals surface area (Å²) in [4.78, 5) is 22.5. The smallest absolute Gasteiger partial charge is 0.335 e. The quantitative estimate of drug-likeness (QED) is 0.912. The van der Waals surface area contributed by atoms with Gasteiger partial charge >= 0.3 is 5.97 Å². The van der Waals surface area contributed by atoms with Crippen LogP contribution < -0.4 is 5.32 Å². The maximum absolute atomic E-state index is 11.5. The van der Waals surface area contributed by atoms with E-state index in [0.717, 1.165) is 27.9 Å².